The van der Waals surface area contributed by atoms with Crippen LogP contribution in [-0.4, -0.2) is 43.7 Å². The van der Waals surface area contributed by atoms with E-state index in [1.165, 1.54) is 4.88 Å². The van der Waals surface area contributed by atoms with Crippen molar-refractivity contribution in [3.05, 3.63) is 75.9 Å². The molecular weight excluding hydrogens is 416 g/mol. The molecule has 4 rings (SSSR count). The molecule has 1 aromatic carbocycles. The minimum atomic E-state index is -0.0502. The van der Waals surface area contributed by atoms with E-state index in [2.05, 4.69) is 27.7 Å². The summed E-state index contributed by atoms with van der Waals surface area (Å²) in [4.78, 5) is 17.7. The number of ether oxygens (including phenoxy) is 1. The number of aryl methyl sites for hydroxylation is 1. The van der Waals surface area contributed by atoms with Gasteiger partial charge in [-0.05, 0) is 42.6 Å². The Hall–Kier alpha value is -2.06. The summed E-state index contributed by atoms with van der Waals surface area (Å²) in [5.74, 6) is 2.58. The first-order valence-electron chi connectivity index (χ1n) is 10.1. The summed E-state index contributed by atoms with van der Waals surface area (Å²) in [5, 5.41) is 5.23. The maximum Gasteiger partial charge on any atom is 0.252 e. The standard InChI is InChI=1S/C23H26N2O3S2/c1-17-8-9-21(28-17)20(25-10-12-27-13-11-25)15-24-23(26)19-6-2-3-7-22(19)30-16-18-5-4-14-29-18/h2-9,14,20H,10-13,15-16H2,1H3,(H,24,26). The Labute approximate surface area is 185 Å². The Morgan fingerprint density at radius 2 is 2.00 bits per heavy atom. The molecule has 1 aliphatic rings. The van der Waals surface area contributed by atoms with Gasteiger partial charge in [0.05, 0.1) is 24.8 Å². The van der Waals surface area contributed by atoms with Gasteiger partial charge < -0.3 is 14.5 Å². The van der Waals surface area contributed by atoms with Crippen LogP contribution >= 0.6 is 23.1 Å². The number of nitrogens with one attached hydrogen (secondary N) is 1. The quantitative estimate of drug-likeness (QED) is 0.511. The van der Waals surface area contributed by atoms with Crippen LogP contribution in [-0.2, 0) is 10.5 Å². The SMILES string of the molecule is Cc1ccc(C(CNC(=O)c2ccccc2SCc2cccs2)N2CCOCC2)o1. The molecule has 1 N–H and O–H groups in total. The Morgan fingerprint density at radius 1 is 1.17 bits per heavy atom. The number of hydrogen-bond donors (Lipinski definition) is 1. The molecule has 1 fully saturated rings. The number of thiophene rings is 1. The first-order chi connectivity index (χ1) is 14.7. The van der Waals surface area contributed by atoms with Crippen molar-refractivity contribution in [2.45, 2.75) is 23.6 Å². The third kappa shape index (κ3) is 5.35. The summed E-state index contributed by atoms with van der Waals surface area (Å²) in [6.07, 6.45) is 0. The smallest absolute Gasteiger partial charge is 0.252 e. The van der Waals surface area contributed by atoms with Crippen LogP contribution in [0, 0.1) is 6.92 Å². The van der Waals surface area contributed by atoms with Gasteiger partial charge in [0.1, 0.15) is 11.5 Å². The topological polar surface area (TPSA) is 54.7 Å². The summed E-state index contributed by atoms with van der Waals surface area (Å²) in [6.45, 7) is 5.50. The van der Waals surface area contributed by atoms with E-state index in [4.69, 9.17) is 9.15 Å². The molecule has 0 aliphatic carbocycles. The lowest BCUT2D eigenvalue weighted by molar-refractivity contribution is 0.0117. The molecule has 3 heterocycles. The fourth-order valence-corrected chi connectivity index (χ4v) is 5.36. The monoisotopic (exact) mass is 442 g/mol. The number of nitrogens with zero attached hydrogens (tertiary/aromatic N) is 1. The molecule has 0 bridgehead atoms. The highest BCUT2D eigenvalue weighted by atomic mass is 32.2. The van der Waals surface area contributed by atoms with Gasteiger partial charge in [-0.2, -0.15) is 0 Å². The minimum Gasteiger partial charge on any atom is -0.465 e. The largest absolute Gasteiger partial charge is 0.465 e. The van der Waals surface area contributed by atoms with E-state index in [0.717, 1.165) is 40.8 Å². The predicted molar refractivity (Wildman–Crippen MR) is 121 cm³/mol. The highest BCUT2D eigenvalue weighted by Crippen LogP contribution is 2.28. The number of carbonyl (C=O) groups is 1. The average molecular weight is 443 g/mol. The van der Waals surface area contributed by atoms with E-state index >= 15 is 0 Å². The van der Waals surface area contributed by atoms with Crippen LogP contribution in [0.1, 0.15) is 32.8 Å². The van der Waals surface area contributed by atoms with Gasteiger partial charge in [-0.1, -0.05) is 18.2 Å². The second kappa shape index (κ2) is 10.3. The molecule has 1 atom stereocenters. The lowest BCUT2D eigenvalue weighted by atomic mass is 10.1. The predicted octanol–water partition coefficient (Wildman–Crippen LogP) is 4.75. The summed E-state index contributed by atoms with van der Waals surface area (Å²) < 4.78 is 11.4. The van der Waals surface area contributed by atoms with Gasteiger partial charge in [-0.25, -0.2) is 0 Å². The number of thioether (sulfide) groups is 1. The molecule has 1 unspecified atom stereocenters. The molecule has 2 aromatic heterocycles. The Bertz CT molecular complexity index is 949. The maximum absolute atomic E-state index is 13.1. The Morgan fingerprint density at radius 3 is 2.73 bits per heavy atom. The third-order valence-corrected chi connectivity index (χ3v) is 7.30. The van der Waals surface area contributed by atoms with Crippen LogP contribution in [0.2, 0.25) is 0 Å². The average Bonchev–Trinajstić information content (AvgIpc) is 3.45. The highest BCUT2D eigenvalue weighted by molar-refractivity contribution is 7.98. The first kappa shape index (κ1) is 21.2. The number of furan rings is 1. The van der Waals surface area contributed by atoms with E-state index < -0.39 is 0 Å². The van der Waals surface area contributed by atoms with Gasteiger partial charge in [0.25, 0.3) is 5.91 Å². The summed E-state index contributed by atoms with van der Waals surface area (Å²) in [5.41, 5.74) is 0.718. The van der Waals surface area contributed by atoms with E-state index in [9.17, 15) is 4.79 Å². The van der Waals surface area contributed by atoms with Crippen molar-refractivity contribution in [2.24, 2.45) is 0 Å². The highest BCUT2D eigenvalue weighted by Gasteiger charge is 2.26. The van der Waals surface area contributed by atoms with Gasteiger partial charge >= 0.3 is 0 Å². The van der Waals surface area contributed by atoms with Gasteiger partial charge in [0.2, 0.25) is 0 Å². The second-order valence-corrected chi connectivity index (χ2v) is 9.24. The molecular formula is C23H26N2O3S2. The third-order valence-electron chi connectivity index (χ3n) is 5.11. The number of rotatable bonds is 8. The zero-order chi connectivity index (χ0) is 20.8. The number of benzene rings is 1. The molecule has 1 aliphatic heterocycles. The zero-order valence-electron chi connectivity index (χ0n) is 17.0. The van der Waals surface area contributed by atoms with Crippen LogP contribution in [0.5, 0.6) is 0 Å². The molecule has 1 saturated heterocycles. The van der Waals surface area contributed by atoms with Crippen molar-refractivity contribution in [2.75, 3.05) is 32.8 Å². The lowest BCUT2D eigenvalue weighted by Gasteiger charge is -2.33. The van der Waals surface area contributed by atoms with Gasteiger partial charge in [0.15, 0.2) is 0 Å². The van der Waals surface area contributed by atoms with E-state index in [-0.39, 0.29) is 11.9 Å². The van der Waals surface area contributed by atoms with Crippen LogP contribution in [0.4, 0.5) is 0 Å². The van der Waals surface area contributed by atoms with Crippen LogP contribution in [0.25, 0.3) is 0 Å². The van der Waals surface area contributed by atoms with Gasteiger partial charge in [0, 0.05) is 35.2 Å². The van der Waals surface area contributed by atoms with Gasteiger partial charge in [-0.3, -0.25) is 9.69 Å². The van der Waals surface area contributed by atoms with E-state index in [0.29, 0.717) is 19.8 Å². The normalized spacial score (nSPS) is 15.8. The number of hydrogen-bond acceptors (Lipinski definition) is 6. The molecule has 5 nitrogen and oxygen atoms in total. The first-order valence-corrected chi connectivity index (χ1v) is 12.0. The van der Waals surface area contributed by atoms with Crippen LogP contribution in [0.3, 0.4) is 0 Å². The number of carbonyl (C=O) groups excluding carboxylic acids is 1. The van der Waals surface area contributed by atoms with Crippen molar-refractivity contribution in [1.29, 1.82) is 0 Å². The molecule has 7 heteroatoms. The molecule has 3 aromatic rings. The van der Waals surface area contributed by atoms with Crippen molar-refractivity contribution in [1.82, 2.24) is 10.2 Å². The van der Waals surface area contributed by atoms with Crippen molar-refractivity contribution < 1.29 is 13.9 Å². The molecule has 0 saturated carbocycles. The van der Waals surface area contributed by atoms with E-state index in [1.54, 1.807) is 23.1 Å². The fourth-order valence-electron chi connectivity index (χ4n) is 3.54. The summed E-state index contributed by atoms with van der Waals surface area (Å²) >= 11 is 3.44. The van der Waals surface area contributed by atoms with Crippen LogP contribution < -0.4 is 5.32 Å². The fraction of sp³-hybridized carbons (Fsp3) is 0.348. The Balaban J connectivity index is 1.44. The lowest BCUT2D eigenvalue weighted by Crippen LogP contribution is -2.43. The second-order valence-electron chi connectivity index (χ2n) is 7.19. The van der Waals surface area contributed by atoms with E-state index in [1.807, 2.05) is 43.3 Å². The van der Waals surface area contributed by atoms with Gasteiger partial charge in [-0.15, -0.1) is 23.1 Å². The molecule has 0 spiro atoms. The minimum absolute atomic E-state index is 0.00233. The summed E-state index contributed by atoms with van der Waals surface area (Å²) in [6, 6.07) is 16.0. The molecule has 1 amide bonds. The summed E-state index contributed by atoms with van der Waals surface area (Å²) in [7, 11) is 0. The molecule has 0 radical (unpaired) electrons. The molecule has 30 heavy (non-hydrogen) atoms. The number of amides is 1. The number of morpholine rings is 1. The Kier molecular flexibility index (Phi) is 7.28. The zero-order valence-corrected chi connectivity index (χ0v) is 18.6. The van der Waals surface area contributed by atoms with Crippen LogP contribution in [0.15, 0.2) is 63.2 Å². The maximum atomic E-state index is 13.1. The molecule has 158 valence electrons. The van der Waals surface area contributed by atoms with Crippen molar-refractivity contribution in [3.63, 3.8) is 0 Å². The van der Waals surface area contributed by atoms with Crippen molar-refractivity contribution >= 4 is 29.0 Å². The van der Waals surface area contributed by atoms with Crippen molar-refractivity contribution in [3.8, 4) is 0 Å².